The monoisotopic (exact) mass is 317 g/mol. The third-order valence-corrected chi connectivity index (χ3v) is 5.33. The maximum Gasteiger partial charge on any atom is 0.261 e. The van der Waals surface area contributed by atoms with Crippen LogP contribution in [0.25, 0.3) is 10.2 Å². The van der Waals surface area contributed by atoms with Crippen molar-refractivity contribution in [3.63, 3.8) is 0 Å². The first-order valence-corrected chi connectivity index (χ1v) is 8.84. The number of carbonyl (C=O) groups is 1. The number of rotatable bonds is 5. The second-order valence-electron chi connectivity index (χ2n) is 6.62. The molecule has 1 amide bonds. The van der Waals surface area contributed by atoms with Gasteiger partial charge in [-0.05, 0) is 44.6 Å². The predicted octanol–water partition coefficient (Wildman–Crippen LogP) is 3.96. The number of aromatic nitrogens is 2. The van der Waals surface area contributed by atoms with Crippen LogP contribution in [0, 0.1) is 19.8 Å². The lowest BCUT2D eigenvalue weighted by atomic mass is 10.1. The van der Waals surface area contributed by atoms with Crippen molar-refractivity contribution in [3.05, 3.63) is 22.0 Å². The number of amides is 1. The molecular weight excluding hydrogens is 294 g/mol. The van der Waals surface area contributed by atoms with Crippen molar-refractivity contribution >= 4 is 27.5 Å². The fourth-order valence-corrected chi connectivity index (χ4v) is 3.81. The Kier molecular flexibility index (Phi) is 4.17. The summed E-state index contributed by atoms with van der Waals surface area (Å²) in [7, 11) is 0. The Morgan fingerprint density at radius 1 is 1.32 bits per heavy atom. The van der Waals surface area contributed by atoms with E-state index in [-0.39, 0.29) is 5.91 Å². The Bertz CT molecular complexity index is 716. The maximum absolute atomic E-state index is 12.4. The lowest BCUT2D eigenvalue weighted by molar-refractivity contribution is 0.0955. The first-order chi connectivity index (χ1) is 10.5. The molecular formula is C17H23N3OS. The minimum Gasteiger partial charge on any atom is -0.351 e. The molecule has 0 aliphatic heterocycles. The van der Waals surface area contributed by atoms with Crippen molar-refractivity contribution in [2.24, 2.45) is 5.92 Å². The second-order valence-corrected chi connectivity index (χ2v) is 7.62. The summed E-state index contributed by atoms with van der Waals surface area (Å²) in [5, 5.41) is 4.08. The van der Waals surface area contributed by atoms with Gasteiger partial charge in [-0.15, -0.1) is 11.3 Å². The summed E-state index contributed by atoms with van der Waals surface area (Å²) in [4.78, 5) is 23.5. The second kappa shape index (κ2) is 5.95. The van der Waals surface area contributed by atoms with Crippen LogP contribution in [-0.4, -0.2) is 22.4 Å². The van der Waals surface area contributed by atoms with Gasteiger partial charge >= 0.3 is 0 Å². The highest BCUT2D eigenvalue weighted by atomic mass is 32.1. The Morgan fingerprint density at radius 2 is 2.05 bits per heavy atom. The summed E-state index contributed by atoms with van der Waals surface area (Å²) in [5.41, 5.74) is 2.02. The predicted molar refractivity (Wildman–Crippen MR) is 90.7 cm³/mol. The molecule has 1 fully saturated rings. The quantitative estimate of drug-likeness (QED) is 0.908. The van der Waals surface area contributed by atoms with Crippen molar-refractivity contribution in [1.29, 1.82) is 0 Å². The number of hydrogen-bond acceptors (Lipinski definition) is 4. The van der Waals surface area contributed by atoms with Gasteiger partial charge in [0.15, 0.2) is 0 Å². The molecule has 22 heavy (non-hydrogen) atoms. The molecule has 4 nitrogen and oxygen atoms in total. The molecule has 1 saturated carbocycles. The fraction of sp³-hybridized carbons (Fsp3) is 0.588. The zero-order valence-corrected chi connectivity index (χ0v) is 14.5. The van der Waals surface area contributed by atoms with Crippen LogP contribution in [0.5, 0.6) is 0 Å². The third-order valence-electron chi connectivity index (χ3n) is 4.14. The minimum absolute atomic E-state index is 0.0218. The van der Waals surface area contributed by atoms with Gasteiger partial charge in [0, 0.05) is 17.8 Å². The van der Waals surface area contributed by atoms with Crippen molar-refractivity contribution in [1.82, 2.24) is 15.3 Å². The zero-order chi connectivity index (χ0) is 15.9. The normalized spacial score (nSPS) is 14.8. The number of nitrogens with zero attached hydrogens (tertiary/aromatic N) is 2. The smallest absolute Gasteiger partial charge is 0.261 e. The van der Waals surface area contributed by atoms with E-state index in [4.69, 9.17) is 4.98 Å². The summed E-state index contributed by atoms with van der Waals surface area (Å²) < 4.78 is 0. The van der Waals surface area contributed by atoms with Gasteiger partial charge in [0.2, 0.25) is 0 Å². The number of nitrogens with one attached hydrogen (secondary N) is 1. The van der Waals surface area contributed by atoms with Gasteiger partial charge in [0.1, 0.15) is 10.7 Å². The average molecular weight is 317 g/mol. The summed E-state index contributed by atoms with van der Waals surface area (Å²) in [6.07, 6.45) is 3.38. The Morgan fingerprint density at radius 3 is 2.68 bits per heavy atom. The minimum atomic E-state index is 0.0218. The number of aryl methyl sites for hydroxylation is 2. The highest BCUT2D eigenvalue weighted by Gasteiger charge is 2.28. The molecule has 1 N–H and O–H groups in total. The molecule has 0 unspecified atom stereocenters. The Balaban J connectivity index is 1.88. The van der Waals surface area contributed by atoms with Gasteiger partial charge in [0.05, 0.1) is 10.6 Å². The zero-order valence-electron chi connectivity index (χ0n) is 13.7. The van der Waals surface area contributed by atoms with Gasteiger partial charge in [-0.3, -0.25) is 4.79 Å². The van der Waals surface area contributed by atoms with Gasteiger partial charge in [-0.2, -0.15) is 0 Å². The van der Waals surface area contributed by atoms with Crippen LogP contribution in [0.15, 0.2) is 0 Å². The van der Waals surface area contributed by atoms with E-state index >= 15 is 0 Å². The first-order valence-electron chi connectivity index (χ1n) is 8.03. The van der Waals surface area contributed by atoms with Crippen LogP contribution < -0.4 is 5.32 Å². The summed E-state index contributed by atoms with van der Waals surface area (Å²) in [5.74, 6) is 2.11. The number of carbonyl (C=O) groups excluding carboxylic acids is 1. The molecule has 1 aliphatic rings. The van der Waals surface area contributed by atoms with Crippen LogP contribution in [0.3, 0.4) is 0 Å². The van der Waals surface area contributed by atoms with Gasteiger partial charge in [-0.1, -0.05) is 13.8 Å². The third kappa shape index (κ3) is 3.00. The molecule has 2 aromatic rings. The fourth-order valence-electron chi connectivity index (χ4n) is 2.66. The van der Waals surface area contributed by atoms with E-state index < -0.39 is 0 Å². The van der Waals surface area contributed by atoms with Crippen LogP contribution in [0.4, 0.5) is 0 Å². The molecule has 0 spiro atoms. The van der Waals surface area contributed by atoms with Gasteiger partial charge in [0.25, 0.3) is 5.91 Å². The van der Waals surface area contributed by atoms with E-state index in [0.717, 1.165) is 45.1 Å². The molecule has 0 bridgehead atoms. The van der Waals surface area contributed by atoms with E-state index in [1.165, 1.54) is 24.2 Å². The van der Waals surface area contributed by atoms with Gasteiger partial charge < -0.3 is 5.32 Å². The van der Waals surface area contributed by atoms with E-state index in [1.54, 1.807) is 0 Å². The highest BCUT2D eigenvalue weighted by molar-refractivity contribution is 7.20. The molecule has 2 aromatic heterocycles. The first kappa shape index (κ1) is 15.4. The molecule has 1 aliphatic carbocycles. The molecule has 0 atom stereocenters. The highest BCUT2D eigenvalue weighted by Crippen LogP contribution is 2.40. The number of hydrogen-bond donors (Lipinski definition) is 1. The molecule has 0 saturated heterocycles. The molecule has 5 heteroatoms. The van der Waals surface area contributed by atoms with Crippen LogP contribution >= 0.6 is 11.3 Å². The number of thiophene rings is 1. The molecule has 2 heterocycles. The molecule has 0 aromatic carbocycles. The Labute approximate surface area is 135 Å². The van der Waals surface area contributed by atoms with Gasteiger partial charge in [-0.25, -0.2) is 9.97 Å². The maximum atomic E-state index is 12.4. The van der Waals surface area contributed by atoms with Crippen LogP contribution in [0.2, 0.25) is 0 Å². The van der Waals surface area contributed by atoms with E-state index in [1.807, 2.05) is 13.8 Å². The summed E-state index contributed by atoms with van der Waals surface area (Å²) in [6.45, 7) is 9.08. The van der Waals surface area contributed by atoms with E-state index in [2.05, 4.69) is 24.1 Å². The lowest BCUT2D eigenvalue weighted by Crippen LogP contribution is -2.25. The van der Waals surface area contributed by atoms with E-state index in [0.29, 0.717) is 11.8 Å². The lowest BCUT2D eigenvalue weighted by Gasteiger charge is -2.06. The summed E-state index contributed by atoms with van der Waals surface area (Å²) in [6, 6.07) is 0. The molecule has 118 valence electrons. The van der Waals surface area contributed by atoms with Crippen molar-refractivity contribution in [2.45, 2.75) is 52.9 Å². The van der Waals surface area contributed by atoms with Crippen LogP contribution in [0.1, 0.15) is 65.8 Å². The SMILES string of the molecule is Cc1nc(C2CC2)nc2sc(C(=O)NCCC(C)C)c(C)c12. The molecule has 0 radical (unpaired) electrons. The number of fused-ring (bicyclic) bond motifs is 1. The van der Waals surface area contributed by atoms with Crippen LogP contribution in [-0.2, 0) is 0 Å². The van der Waals surface area contributed by atoms with E-state index in [9.17, 15) is 4.79 Å². The largest absolute Gasteiger partial charge is 0.351 e. The summed E-state index contributed by atoms with van der Waals surface area (Å²) >= 11 is 1.50. The van der Waals surface area contributed by atoms with Crippen molar-refractivity contribution < 1.29 is 4.79 Å². The molecule has 3 rings (SSSR count). The van der Waals surface area contributed by atoms with Crippen molar-refractivity contribution in [2.75, 3.05) is 6.54 Å². The van der Waals surface area contributed by atoms with Crippen molar-refractivity contribution in [3.8, 4) is 0 Å². The topological polar surface area (TPSA) is 54.9 Å². The average Bonchev–Trinajstić information content (AvgIpc) is 3.23. The standard InChI is InChI=1S/C17H23N3OS/c1-9(2)7-8-18-16(21)14-10(3)13-11(4)19-15(12-5-6-12)20-17(13)22-14/h9,12H,5-8H2,1-4H3,(H,18,21). The Hall–Kier alpha value is -1.49.